The third-order valence-electron chi connectivity index (χ3n) is 3.16. The number of benzene rings is 1. The third-order valence-corrected chi connectivity index (χ3v) is 3.93. The highest BCUT2D eigenvalue weighted by atomic mass is 35.5. The molecule has 0 heterocycles. The van der Waals surface area contributed by atoms with Gasteiger partial charge in [-0.1, -0.05) is 38.1 Å². The van der Waals surface area contributed by atoms with E-state index in [1.165, 1.54) is 11.1 Å². The van der Waals surface area contributed by atoms with E-state index < -0.39 is 0 Å². The molecule has 0 saturated heterocycles. The number of aryl methyl sites for hydroxylation is 1. The Morgan fingerprint density at radius 2 is 2.00 bits per heavy atom. The number of hydrogen-bond acceptors (Lipinski definition) is 0. The molecule has 1 heteroatoms. The Kier molecular flexibility index (Phi) is 2.11. The molecule has 1 unspecified atom stereocenters. The monoisotopic (exact) mass is 194 g/mol. The van der Waals surface area contributed by atoms with Crippen LogP contribution in [0.5, 0.6) is 0 Å². The molecule has 0 amide bonds. The molecule has 1 atom stereocenters. The lowest BCUT2D eigenvalue weighted by atomic mass is 9.72. The van der Waals surface area contributed by atoms with Crippen LogP contribution in [0.3, 0.4) is 0 Å². The van der Waals surface area contributed by atoms with Gasteiger partial charge in [0.05, 0.1) is 0 Å². The first kappa shape index (κ1) is 9.08. The van der Waals surface area contributed by atoms with Crippen LogP contribution >= 0.6 is 11.6 Å². The van der Waals surface area contributed by atoms with E-state index in [-0.39, 0.29) is 10.8 Å². The molecule has 1 aliphatic carbocycles. The predicted octanol–water partition coefficient (Wildman–Crippen LogP) is 3.52. The molecule has 2 rings (SSSR count). The molecule has 0 spiro atoms. The molecule has 0 nitrogen and oxygen atoms in total. The van der Waals surface area contributed by atoms with Crippen molar-refractivity contribution in [3.63, 3.8) is 0 Å². The molecule has 70 valence electrons. The highest BCUT2D eigenvalue weighted by Gasteiger charge is 2.34. The summed E-state index contributed by atoms with van der Waals surface area (Å²) in [7, 11) is 0. The van der Waals surface area contributed by atoms with Crippen LogP contribution in [0.4, 0.5) is 0 Å². The van der Waals surface area contributed by atoms with Gasteiger partial charge in [-0.2, -0.15) is 0 Å². The van der Waals surface area contributed by atoms with E-state index >= 15 is 0 Å². The normalized spacial score (nSPS) is 25.3. The number of alkyl halides is 1. The third kappa shape index (κ3) is 1.38. The molecule has 1 aliphatic rings. The Balaban J connectivity index is 2.52. The molecule has 0 aromatic heterocycles. The van der Waals surface area contributed by atoms with E-state index in [9.17, 15) is 0 Å². The van der Waals surface area contributed by atoms with Crippen LogP contribution < -0.4 is 0 Å². The van der Waals surface area contributed by atoms with Crippen molar-refractivity contribution in [2.75, 3.05) is 0 Å². The van der Waals surface area contributed by atoms with E-state index in [1.807, 2.05) is 0 Å². The van der Waals surface area contributed by atoms with Gasteiger partial charge in [0.15, 0.2) is 0 Å². The molecule has 0 aliphatic heterocycles. The van der Waals surface area contributed by atoms with Crippen LogP contribution in [-0.4, -0.2) is 5.38 Å². The molecule has 0 fully saturated rings. The first-order valence-electron chi connectivity index (χ1n) is 4.85. The fourth-order valence-corrected chi connectivity index (χ4v) is 2.41. The fourth-order valence-electron chi connectivity index (χ4n) is 2.18. The molecule has 13 heavy (non-hydrogen) atoms. The van der Waals surface area contributed by atoms with Gasteiger partial charge in [-0.3, -0.25) is 0 Å². The van der Waals surface area contributed by atoms with E-state index in [1.54, 1.807) is 0 Å². The van der Waals surface area contributed by atoms with Crippen LogP contribution in [0, 0.1) is 0 Å². The van der Waals surface area contributed by atoms with Crippen LogP contribution in [0.15, 0.2) is 24.3 Å². The van der Waals surface area contributed by atoms with Crippen molar-refractivity contribution in [2.24, 2.45) is 0 Å². The Morgan fingerprint density at radius 3 is 2.77 bits per heavy atom. The highest BCUT2D eigenvalue weighted by Crippen LogP contribution is 2.39. The highest BCUT2D eigenvalue weighted by molar-refractivity contribution is 6.21. The zero-order chi connectivity index (χ0) is 9.47. The average molecular weight is 195 g/mol. The summed E-state index contributed by atoms with van der Waals surface area (Å²) in [5, 5.41) is 0.280. The van der Waals surface area contributed by atoms with Gasteiger partial charge in [0.2, 0.25) is 0 Å². The van der Waals surface area contributed by atoms with Gasteiger partial charge in [-0.25, -0.2) is 0 Å². The quantitative estimate of drug-likeness (QED) is 0.555. The van der Waals surface area contributed by atoms with Crippen molar-refractivity contribution in [3.8, 4) is 0 Å². The van der Waals surface area contributed by atoms with Crippen molar-refractivity contribution in [1.82, 2.24) is 0 Å². The summed E-state index contributed by atoms with van der Waals surface area (Å²) >= 11 is 6.34. The molecule has 0 saturated carbocycles. The Hall–Kier alpha value is -0.490. The maximum atomic E-state index is 6.34. The zero-order valence-corrected chi connectivity index (χ0v) is 8.93. The van der Waals surface area contributed by atoms with E-state index in [2.05, 4.69) is 38.1 Å². The summed E-state index contributed by atoms with van der Waals surface area (Å²) in [6, 6.07) is 8.66. The minimum Gasteiger partial charge on any atom is -0.122 e. The van der Waals surface area contributed by atoms with E-state index in [4.69, 9.17) is 11.6 Å². The van der Waals surface area contributed by atoms with Gasteiger partial charge in [0.25, 0.3) is 0 Å². The maximum Gasteiger partial charge on any atom is 0.0430 e. The zero-order valence-electron chi connectivity index (χ0n) is 8.18. The van der Waals surface area contributed by atoms with Gasteiger partial charge in [0, 0.05) is 10.8 Å². The molecule has 1 aromatic rings. The van der Waals surface area contributed by atoms with Crippen molar-refractivity contribution in [2.45, 2.75) is 37.5 Å². The number of fused-ring (bicyclic) bond motifs is 1. The first-order valence-corrected chi connectivity index (χ1v) is 5.28. The molecular weight excluding hydrogens is 180 g/mol. The number of rotatable bonds is 0. The van der Waals surface area contributed by atoms with Crippen LogP contribution in [0.2, 0.25) is 0 Å². The smallest absolute Gasteiger partial charge is 0.0430 e. The minimum absolute atomic E-state index is 0.135. The fraction of sp³-hybridized carbons (Fsp3) is 0.500. The summed E-state index contributed by atoms with van der Waals surface area (Å²) in [6.07, 6.45) is 2.24. The Bertz CT molecular complexity index is 315. The summed E-state index contributed by atoms with van der Waals surface area (Å²) < 4.78 is 0. The van der Waals surface area contributed by atoms with Gasteiger partial charge < -0.3 is 0 Å². The van der Waals surface area contributed by atoms with Crippen LogP contribution in [0.1, 0.15) is 31.4 Å². The van der Waals surface area contributed by atoms with Gasteiger partial charge in [-0.15, -0.1) is 11.6 Å². The second-order valence-electron chi connectivity index (χ2n) is 4.39. The lowest BCUT2D eigenvalue weighted by molar-refractivity contribution is 0.440. The van der Waals surface area contributed by atoms with Gasteiger partial charge >= 0.3 is 0 Å². The van der Waals surface area contributed by atoms with Crippen molar-refractivity contribution >= 4 is 11.6 Å². The molecule has 0 bridgehead atoms. The summed E-state index contributed by atoms with van der Waals surface area (Å²) in [5.74, 6) is 0. The van der Waals surface area contributed by atoms with E-state index in [0.717, 1.165) is 12.8 Å². The second-order valence-corrected chi connectivity index (χ2v) is 4.91. The SMILES string of the molecule is CC1(C)c2ccccc2CCC1Cl. The molecular formula is C12H15Cl. The summed E-state index contributed by atoms with van der Waals surface area (Å²) in [4.78, 5) is 0. The maximum absolute atomic E-state index is 6.34. The summed E-state index contributed by atoms with van der Waals surface area (Å²) in [5.41, 5.74) is 3.04. The van der Waals surface area contributed by atoms with Crippen molar-refractivity contribution in [1.29, 1.82) is 0 Å². The largest absolute Gasteiger partial charge is 0.122 e. The average Bonchev–Trinajstić information content (AvgIpc) is 2.13. The van der Waals surface area contributed by atoms with Crippen molar-refractivity contribution < 1.29 is 0 Å². The van der Waals surface area contributed by atoms with Gasteiger partial charge in [-0.05, 0) is 24.0 Å². The molecule has 0 N–H and O–H groups in total. The molecule has 1 aromatic carbocycles. The van der Waals surface area contributed by atoms with Crippen molar-refractivity contribution in [3.05, 3.63) is 35.4 Å². The lowest BCUT2D eigenvalue weighted by Gasteiger charge is -2.36. The minimum atomic E-state index is 0.135. The second kappa shape index (κ2) is 3.02. The number of hydrogen-bond donors (Lipinski definition) is 0. The standard InChI is InChI=1S/C12H15Cl/c1-12(2)10-6-4-3-5-9(10)7-8-11(12)13/h3-6,11H,7-8H2,1-2H3. The van der Waals surface area contributed by atoms with E-state index in [0.29, 0.717) is 0 Å². The summed E-state index contributed by atoms with van der Waals surface area (Å²) in [6.45, 7) is 4.48. The topological polar surface area (TPSA) is 0 Å². The Morgan fingerprint density at radius 1 is 1.31 bits per heavy atom. The first-order chi connectivity index (χ1) is 6.12. The van der Waals surface area contributed by atoms with Crippen LogP contribution in [-0.2, 0) is 11.8 Å². The Labute approximate surface area is 84.9 Å². The lowest BCUT2D eigenvalue weighted by Crippen LogP contribution is -2.34. The number of halogens is 1. The van der Waals surface area contributed by atoms with Crippen LogP contribution in [0.25, 0.3) is 0 Å². The molecule has 0 radical (unpaired) electrons. The van der Waals surface area contributed by atoms with Gasteiger partial charge in [0.1, 0.15) is 0 Å². The predicted molar refractivity (Wildman–Crippen MR) is 57.4 cm³/mol.